The Labute approximate surface area is 155 Å². The number of halogens is 2. The second-order valence-corrected chi connectivity index (χ2v) is 6.41. The lowest BCUT2D eigenvalue weighted by atomic mass is 10.1. The highest BCUT2D eigenvalue weighted by atomic mass is 35.5. The molecule has 3 nitrogen and oxygen atoms in total. The van der Waals surface area contributed by atoms with Crippen LogP contribution in [0.5, 0.6) is 0 Å². The Balaban J connectivity index is 1.89. The minimum Gasteiger partial charge on any atom is -0.336 e. The fourth-order valence-corrected chi connectivity index (χ4v) is 2.89. The van der Waals surface area contributed by atoms with Crippen molar-refractivity contribution in [2.75, 3.05) is 0 Å². The average molecular weight is 366 g/mol. The van der Waals surface area contributed by atoms with E-state index >= 15 is 0 Å². The first-order valence-corrected chi connectivity index (χ1v) is 8.49. The fraction of sp³-hybridized carbons (Fsp3) is 0. The van der Waals surface area contributed by atoms with Gasteiger partial charge in [-0.3, -0.25) is 4.98 Å². The third-order valence-corrected chi connectivity index (χ3v) is 4.37. The lowest BCUT2D eigenvalue weighted by Crippen LogP contribution is -1.84. The number of aromatic amines is 1. The van der Waals surface area contributed by atoms with Crippen LogP contribution in [0.1, 0.15) is 0 Å². The average Bonchev–Trinajstić information content (AvgIpc) is 3.09. The van der Waals surface area contributed by atoms with Gasteiger partial charge < -0.3 is 4.98 Å². The zero-order chi connectivity index (χ0) is 17.2. The Morgan fingerprint density at radius 3 is 1.96 bits per heavy atom. The highest BCUT2D eigenvalue weighted by Crippen LogP contribution is 2.33. The summed E-state index contributed by atoms with van der Waals surface area (Å²) in [6.07, 6.45) is 1.75. The summed E-state index contributed by atoms with van der Waals surface area (Å²) < 4.78 is 0. The van der Waals surface area contributed by atoms with E-state index in [0.717, 1.165) is 34.0 Å². The Morgan fingerprint density at radius 2 is 1.36 bits per heavy atom. The van der Waals surface area contributed by atoms with Gasteiger partial charge in [-0.05, 0) is 36.4 Å². The summed E-state index contributed by atoms with van der Waals surface area (Å²) in [5.74, 6) is 0.718. The smallest absolute Gasteiger partial charge is 0.157 e. The number of imidazole rings is 1. The summed E-state index contributed by atoms with van der Waals surface area (Å²) in [4.78, 5) is 12.6. The highest BCUT2D eigenvalue weighted by molar-refractivity contribution is 6.31. The number of benzene rings is 2. The van der Waals surface area contributed by atoms with Gasteiger partial charge in [0.15, 0.2) is 5.82 Å². The SMILES string of the molecule is Clc1ccc(-c2nc(-c3ccccn3)[nH]c2-c2ccc(Cl)cc2)cc1. The molecule has 2 aromatic heterocycles. The molecule has 2 aromatic carbocycles. The molecule has 4 aromatic rings. The molecule has 0 bridgehead atoms. The summed E-state index contributed by atoms with van der Waals surface area (Å²) in [5.41, 5.74) is 4.54. The standard InChI is InChI=1S/C20H13Cl2N3/c21-15-8-4-13(5-9-15)18-19(14-6-10-16(22)11-7-14)25-20(24-18)17-3-1-2-12-23-17/h1-12H,(H,24,25). The van der Waals surface area contributed by atoms with Crippen LogP contribution >= 0.6 is 23.2 Å². The highest BCUT2D eigenvalue weighted by Gasteiger charge is 2.15. The molecule has 0 unspecified atom stereocenters. The number of hydrogen-bond donors (Lipinski definition) is 1. The molecule has 0 aliphatic rings. The van der Waals surface area contributed by atoms with Crippen molar-refractivity contribution in [3.05, 3.63) is 83.0 Å². The summed E-state index contributed by atoms with van der Waals surface area (Å²) >= 11 is 12.0. The lowest BCUT2D eigenvalue weighted by molar-refractivity contribution is 1.22. The Morgan fingerprint density at radius 1 is 0.720 bits per heavy atom. The maximum Gasteiger partial charge on any atom is 0.157 e. The molecule has 122 valence electrons. The molecule has 0 saturated heterocycles. The van der Waals surface area contributed by atoms with E-state index in [0.29, 0.717) is 10.0 Å². The zero-order valence-electron chi connectivity index (χ0n) is 13.1. The first kappa shape index (κ1) is 15.9. The normalized spacial score (nSPS) is 10.8. The van der Waals surface area contributed by atoms with Crippen LogP contribution in [0.3, 0.4) is 0 Å². The monoisotopic (exact) mass is 365 g/mol. The van der Waals surface area contributed by atoms with E-state index in [-0.39, 0.29) is 0 Å². The van der Waals surface area contributed by atoms with Crippen LogP contribution in [0.4, 0.5) is 0 Å². The molecule has 0 aliphatic heterocycles. The maximum absolute atomic E-state index is 6.02. The fourth-order valence-electron chi connectivity index (χ4n) is 2.64. The van der Waals surface area contributed by atoms with Crippen LogP contribution in [-0.2, 0) is 0 Å². The Kier molecular flexibility index (Phi) is 4.26. The van der Waals surface area contributed by atoms with Crippen molar-refractivity contribution in [2.45, 2.75) is 0 Å². The minimum absolute atomic E-state index is 0.692. The zero-order valence-corrected chi connectivity index (χ0v) is 14.6. The maximum atomic E-state index is 6.02. The summed E-state index contributed by atoms with van der Waals surface area (Å²) in [6.45, 7) is 0. The predicted octanol–water partition coefficient (Wildman–Crippen LogP) is 6.11. The largest absolute Gasteiger partial charge is 0.336 e. The van der Waals surface area contributed by atoms with Crippen molar-refractivity contribution >= 4 is 23.2 Å². The van der Waals surface area contributed by atoms with E-state index in [4.69, 9.17) is 28.2 Å². The Hall–Kier alpha value is -2.62. The van der Waals surface area contributed by atoms with E-state index in [1.54, 1.807) is 6.20 Å². The van der Waals surface area contributed by atoms with E-state index in [9.17, 15) is 0 Å². The molecule has 0 spiro atoms. The molecule has 0 radical (unpaired) electrons. The molecular weight excluding hydrogens is 353 g/mol. The van der Waals surface area contributed by atoms with Gasteiger partial charge in [0.25, 0.3) is 0 Å². The van der Waals surface area contributed by atoms with Gasteiger partial charge in [0.2, 0.25) is 0 Å². The van der Waals surface area contributed by atoms with Crippen LogP contribution in [0.2, 0.25) is 10.0 Å². The molecule has 1 N–H and O–H groups in total. The van der Waals surface area contributed by atoms with Gasteiger partial charge in [-0.2, -0.15) is 0 Å². The quantitative estimate of drug-likeness (QED) is 0.475. The molecular formula is C20H13Cl2N3. The van der Waals surface area contributed by atoms with Crippen molar-refractivity contribution in [1.82, 2.24) is 15.0 Å². The molecule has 0 saturated carbocycles. The number of rotatable bonds is 3. The summed E-state index contributed by atoms with van der Waals surface area (Å²) in [7, 11) is 0. The van der Waals surface area contributed by atoms with E-state index in [1.165, 1.54) is 0 Å². The molecule has 5 heteroatoms. The molecule has 0 fully saturated rings. The van der Waals surface area contributed by atoms with Gasteiger partial charge >= 0.3 is 0 Å². The van der Waals surface area contributed by atoms with Crippen LogP contribution in [0, 0.1) is 0 Å². The van der Waals surface area contributed by atoms with Crippen LogP contribution in [0.25, 0.3) is 34.0 Å². The topological polar surface area (TPSA) is 41.6 Å². The Bertz CT molecular complexity index is 929. The third kappa shape index (κ3) is 3.29. The number of aromatic nitrogens is 3. The second kappa shape index (κ2) is 6.71. The van der Waals surface area contributed by atoms with Crippen molar-refractivity contribution in [3.63, 3.8) is 0 Å². The first-order valence-electron chi connectivity index (χ1n) is 7.74. The van der Waals surface area contributed by atoms with Gasteiger partial charge in [0, 0.05) is 27.4 Å². The van der Waals surface area contributed by atoms with Crippen molar-refractivity contribution in [3.8, 4) is 34.0 Å². The van der Waals surface area contributed by atoms with Crippen molar-refractivity contribution in [1.29, 1.82) is 0 Å². The molecule has 0 amide bonds. The molecule has 25 heavy (non-hydrogen) atoms. The lowest BCUT2D eigenvalue weighted by Gasteiger charge is -2.03. The summed E-state index contributed by atoms with van der Waals surface area (Å²) in [6, 6.07) is 21.1. The van der Waals surface area contributed by atoms with Crippen LogP contribution < -0.4 is 0 Å². The van der Waals surface area contributed by atoms with Crippen molar-refractivity contribution in [2.24, 2.45) is 0 Å². The first-order chi connectivity index (χ1) is 12.2. The third-order valence-electron chi connectivity index (χ3n) is 3.86. The van der Waals surface area contributed by atoms with Crippen LogP contribution in [0.15, 0.2) is 72.9 Å². The van der Waals surface area contributed by atoms with E-state index in [1.807, 2.05) is 66.7 Å². The number of nitrogens with zero attached hydrogens (tertiary/aromatic N) is 2. The van der Waals surface area contributed by atoms with Gasteiger partial charge in [-0.25, -0.2) is 4.98 Å². The summed E-state index contributed by atoms with van der Waals surface area (Å²) in [5, 5.41) is 1.39. The van der Waals surface area contributed by atoms with Crippen LogP contribution in [-0.4, -0.2) is 15.0 Å². The number of pyridine rings is 1. The van der Waals surface area contributed by atoms with Gasteiger partial charge in [0.1, 0.15) is 5.69 Å². The van der Waals surface area contributed by atoms with E-state index in [2.05, 4.69) is 9.97 Å². The van der Waals surface area contributed by atoms with Gasteiger partial charge in [-0.1, -0.05) is 53.5 Å². The van der Waals surface area contributed by atoms with Crippen molar-refractivity contribution < 1.29 is 0 Å². The van der Waals surface area contributed by atoms with E-state index < -0.39 is 0 Å². The van der Waals surface area contributed by atoms with Gasteiger partial charge in [-0.15, -0.1) is 0 Å². The van der Waals surface area contributed by atoms with Gasteiger partial charge in [0.05, 0.1) is 11.4 Å². The molecule has 0 aliphatic carbocycles. The predicted molar refractivity (Wildman–Crippen MR) is 103 cm³/mol. The number of H-pyrrole nitrogens is 1. The minimum atomic E-state index is 0.692. The number of nitrogens with one attached hydrogen (secondary N) is 1. The molecule has 2 heterocycles. The number of hydrogen-bond acceptors (Lipinski definition) is 2. The molecule has 4 rings (SSSR count). The molecule has 0 atom stereocenters. The second-order valence-electron chi connectivity index (χ2n) is 5.54.